The molecule has 0 aliphatic rings. The Labute approximate surface area is 163 Å². The molecule has 0 fully saturated rings. The number of nitrogens with one attached hydrogen (secondary N) is 1. The number of aromatic amines is 1. The van der Waals surface area contributed by atoms with E-state index in [4.69, 9.17) is 4.42 Å². The Bertz CT molecular complexity index is 1110. The Morgan fingerprint density at radius 3 is 2.81 bits per heavy atom. The summed E-state index contributed by atoms with van der Waals surface area (Å²) in [6, 6.07) is 7.62. The van der Waals surface area contributed by atoms with Gasteiger partial charge < -0.3 is 14.3 Å². The number of H-pyrrole nitrogens is 1. The van der Waals surface area contributed by atoms with Gasteiger partial charge in [-0.05, 0) is 43.0 Å². The van der Waals surface area contributed by atoms with Gasteiger partial charge in [-0.15, -0.1) is 22.7 Å². The SMILES string of the molecule is Cc1nc2sc(C(=O)N(Cc3ccco3)Cc3cccs3)c(C)c2c(=O)[nH]1. The summed E-state index contributed by atoms with van der Waals surface area (Å²) < 4.78 is 5.44. The molecule has 0 saturated carbocycles. The van der Waals surface area contributed by atoms with Gasteiger partial charge in [-0.25, -0.2) is 4.98 Å². The Morgan fingerprint density at radius 1 is 1.26 bits per heavy atom. The van der Waals surface area contributed by atoms with Crippen LogP contribution in [0.1, 0.15) is 31.7 Å². The zero-order valence-electron chi connectivity index (χ0n) is 14.8. The number of aryl methyl sites for hydroxylation is 2. The van der Waals surface area contributed by atoms with Gasteiger partial charge in [-0.1, -0.05) is 6.07 Å². The smallest absolute Gasteiger partial charge is 0.265 e. The van der Waals surface area contributed by atoms with Crippen molar-refractivity contribution in [3.8, 4) is 0 Å². The molecule has 0 saturated heterocycles. The summed E-state index contributed by atoms with van der Waals surface area (Å²) in [6.45, 7) is 4.37. The number of hydrogen-bond acceptors (Lipinski definition) is 6. The second-order valence-corrected chi connectivity index (χ2v) is 8.24. The highest BCUT2D eigenvalue weighted by atomic mass is 32.1. The molecule has 138 valence electrons. The molecule has 1 N–H and O–H groups in total. The van der Waals surface area contributed by atoms with E-state index >= 15 is 0 Å². The van der Waals surface area contributed by atoms with Crippen LogP contribution in [-0.4, -0.2) is 20.8 Å². The van der Waals surface area contributed by atoms with E-state index in [1.54, 1.807) is 42.4 Å². The fourth-order valence-electron chi connectivity index (χ4n) is 2.98. The lowest BCUT2D eigenvalue weighted by atomic mass is 10.2. The van der Waals surface area contributed by atoms with Crippen molar-refractivity contribution in [1.82, 2.24) is 14.9 Å². The van der Waals surface area contributed by atoms with Gasteiger partial charge in [0.25, 0.3) is 11.5 Å². The first kappa shape index (κ1) is 17.7. The van der Waals surface area contributed by atoms with E-state index in [9.17, 15) is 9.59 Å². The van der Waals surface area contributed by atoms with Gasteiger partial charge in [0.1, 0.15) is 16.4 Å². The van der Waals surface area contributed by atoms with Crippen LogP contribution in [0.15, 0.2) is 45.1 Å². The average Bonchev–Trinajstić information content (AvgIpc) is 3.36. The van der Waals surface area contributed by atoms with Crippen LogP contribution in [0.2, 0.25) is 0 Å². The van der Waals surface area contributed by atoms with Crippen molar-refractivity contribution < 1.29 is 9.21 Å². The topological polar surface area (TPSA) is 79.2 Å². The Morgan fingerprint density at radius 2 is 2.11 bits per heavy atom. The van der Waals surface area contributed by atoms with Crippen LogP contribution in [0.3, 0.4) is 0 Å². The Kier molecular flexibility index (Phi) is 4.67. The first-order valence-corrected chi connectivity index (χ1v) is 10.1. The number of aromatic nitrogens is 2. The van der Waals surface area contributed by atoms with Gasteiger partial charge in [0.05, 0.1) is 29.6 Å². The van der Waals surface area contributed by atoms with Crippen LogP contribution in [0, 0.1) is 13.8 Å². The largest absolute Gasteiger partial charge is 0.467 e. The molecule has 4 heterocycles. The van der Waals surface area contributed by atoms with E-state index in [0.29, 0.717) is 45.3 Å². The molecule has 4 aromatic heterocycles. The van der Waals surface area contributed by atoms with Crippen LogP contribution in [0.5, 0.6) is 0 Å². The maximum atomic E-state index is 13.3. The number of hydrogen-bond donors (Lipinski definition) is 1. The minimum Gasteiger partial charge on any atom is -0.467 e. The van der Waals surface area contributed by atoms with Gasteiger partial charge in [-0.3, -0.25) is 9.59 Å². The summed E-state index contributed by atoms with van der Waals surface area (Å²) in [4.78, 5) is 36.7. The molecule has 0 bridgehead atoms. The van der Waals surface area contributed by atoms with Crippen LogP contribution in [0.4, 0.5) is 0 Å². The van der Waals surface area contributed by atoms with Crippen molar-refractivity contribution in [3.63, 3.8) is 0 Å². The van der Waals surface area contributed by atoms with E-state index in [-0.39, 0.29) is 11.5 Å². The molecule has 0 aliphatic carbocycles. The molecular formula is C19H17N3O3S2. The monoisotopic (exact) mass is 399 g/mol. The number of thiophene rings is 2. The summed E-state index contributed by atoms with van der Waals surface area (Å²) in [6.07, 6.45) is 1.60. The molecule has 27 heavy (non-hydrogen) atoms. The standard InChI is InChI=1S/C19H17N3O3S2/c1-11-15-17(23)20-12(2)21-18(15)27-16(11)19(24)22(9-13-5-3-7-25-13)10-14-6-4-8-26-14/h3-8H,9-10H2,1-2H3,(H,20,21,23). The molecule has 0 aromatic carbocycles. The lowest BCUT2D eigenvalue weighted by molar-refractivity contribution is 0.0724. The Balaban J connectivity index is 1.74. The van der Waals surface area contributed by atoms with Crippen molar-refractivity contribution in [3.05, 3.63) is 73.2 Å². The van der Waals surface area contributed by atoms with Gasteiger partial charge in [0, 0.05) is 4.88 Å². The van der Waals surface area contributed by atoms with Crippen molar-refractivity contribution in [2.45, 2.75) is 26.9 Å². The number of fused-ring (bicyclic) bond motifs is 1. The first-order chi connectivity index (χ1) is 13.0. The predicted molar refractivity (Wildman–Crippen MR) is 106 cm³/mol. The minimum absolute atomic E-state index is 0.127. The van der Waals surface area contributed by atoms with Gasteiger partial charge >= 0.3 is 0 Å². The van der Waals surface area contributed by atoms with E-state index < -0.39 is 0 Å². The molecule has 8 heteroatoms. The molecule has 0 aliphatic heterocycles. The van der Waals surface area contributed by atoms with Gasteiger partial charge in [-0.2, -0.15) is 0 Å². The number of carbonyl (C=O) groups excluding carboxylic acids is 1. The van der Waals surface area contributed by atoms with E-state index in [1.807, 2.05) is 23.6 Å². The summed E-state index contributed by atoms with van der Waals surface area (Å²) in [7, 11) is 0. The van der Waals surface area contributed by atoms with Crippen molar-refractivity contribution >= 4 is 38.8 Å². The van der Waals surface area contributed by atoms with E-state index in [0.717, 1.165) is 4.88 Å². The molecule has 4 aromatic rings. The summed E-state index contributed by atoms with van der Waals surface area (Å²) >= 11 is 2.87. The normalized spacial score (nSPS) is 11.2. The third kappa shape index (κ3) is 3.45. The highest BCUT2D eigenvalue weighted by Gasteiger charge is 2.24. The van der Waals surface area contributed by atoms with Crippen LogP contribution in [0.25, 0.3) is 10.2 Å². The summed E-state index contributed by atoms with van der Waals surface area (Å²) in [5, 5.41) is 2.48. The van der Waals surface area contributed by atoms with Crippen molar-refractivity contribution in [1.29, 1.82) is 0 Å². The zero-order chi connectivity index (χ0) is 19.0. The molecular weight excluding hydrogens is 382 g/mol. The lowest BCUT2D eigenvalue weighted by Gasteiger charge is -2.20. The molecule has 1 amide bonds. The average molecular weight is 399 g/mol. The number of amides is 1. The predicted octanol–water partition coefficient (Wildman–Crippen LogP) is 4.10. The fourth-order valence-corrected chi connectivity index (χ4v) is 4.89. The number of carbonyl (C=O) groups is 1. The minimum atomic E-state index is -0.207. The quantitative estimate of drug-likeness (QED) is 0.548. The Hall–Kier alpha value is -2.71. The third-order valence-electron chi connectivity index (χ3n) is 4.25. The molecule has 0 radical (unpaired) electrons. The van der Waals surface area contributed by atoms with Gasteiger partial charge in [0.15, 0.2) is 0 Å². The van der Waals surface area contributed by atoms with Crippen LogP contribution >= 0.6 is 22.7 Å². The third-order valence-corrected chi connectivity index (χ3v) is 6.29. The summed E-state index contributed by atoms with van der Waals surface area (Å²) in [5.41, 5.74) is 0.463. The second kappa shape index (κ2) is 7.13. The van der Waals surface area contributed by atoms with E-state index in [1.165, 1.54) is 11.3 Å². The molecule has 0 spiro atoms. The number of nitrogens with zero attached hydrogens (tertiary/aromatic N) is 2. The first-order valence-electron chi connectivity index (χ1n) is 8.37. The van der Waals surface area contributed by atoms with Gasteiger partial charge in [0.2, 0.25) is 0 Å². The highest BCUT2D eigenvalue weighted by molar-refractivity contribution is 7.20. The molecule has 6 nitrogen and oxygen atoms in total. The highest BCUT2D eigenvalue weighted by Crippen LogP contribution is 2.29. The van der Waals surface area contributed by atoms with Crippen molar-refractivity contribution in [2.24, 2.45) is 0 Å². The van der Waals surface area contributed by atoms with Crippen LogP contribution in [-0.2, 0) is 13.1 Å². The molecule has 0 unspecified atom stereocenters. The van der Waals surface area contributed by atoms with Crippen molar-refractivity contribution in [2.75, 3.05) is 0 Å². The molecule has 0 atom stereocenters. The zero-order valence-corrected chi connectivity index (χ0v) is 16.4. The fraction of sp³-hybridized carbons (Fsp3) is 0.211. The second-order valence-electron chi connectivity index (χ2n) is 6.21. The number of rotatable bonds is 5. The number of furan rings is 1. The lowest BCUT2D eigenvalue weighted by Crippen LogP contribution is -2.29. The van der Waals surface area contributed by atoms with E-state index in [2.05, 4.69) is 9.97 Å². The maximum absolute atomic E-state index is 13.3. The summed E-state index contributed by atoms with van der Waals surface area (Å²) in [5.74, 6) is 1.13. The van der Waals surface area contributed by atoms with Crippen LogP contribution < -0.4 is 5.56 Å². The maximum Gasteiger partial charge on any atom is 0.265 e. The molecule has 4 rings (SSSR count).